The van der Waals surface area contributed by atoms with Crippen LogP contribution in [0.3, 0.4) is 0 Å². The Kier molecular flexibility index (Phi) is 2.89. The highest BCUT2D eigenvalue weighted by Crippen LogP contribution is 2.17. The zero-order chi connectivity index (χ0) is 8.43. The van der Waals surface area contributed by atoms with Crippen molar-refractivity contribution >= 4 is 44.4 Å². The van der Waals surface area contributed by atoms with E-state index in [1.54, 1.807) is 12.1 Å². The van der Waals surface area contributed by atoms with Crippen LogP contribution in [0.1, 0.15) is 10.4 Å². The summed E-state index contributed by atoms with van der Waals surface area (Å²) in [5.74, 6) is -0.387. The van der Waals surface area contributed by atoms with Gasteiger partial charge in [0.25, 0.3) is 0 Å². The van der Waals surface area contributed by atoms with Crippen molar-refractivity contribution in [1.82, 2.24) is 0 Å². The van der Waals surface area contributed by atoms with Gasteiger partial charge in [-0.1, -0.05) is 15.9 Å². The molecule has 0 fully saturated rings. The lowest BCUT2D eigenvalue weighted by Gasteiger charge is -1.98. The molecule has 0 heterocycles. The molecule has 4 heteroatoms. The summed E-state index contributed by atoms with van der Waals surface area (Å²) in [6, 6.07) is 5.34. The molecular weight excluding hydrogens is 321 g/mol. The maximum absolute atomic E-state index is 10.7. The minimum Gasteiger partial charge on any atom is -0.366 e. The van der Waals surface area contributed by atoms with Gasteiger partial charge >= 0.3 is 0 Å². The summed E-state index contributed by atoms with van der Waals surface area (Å²) in [5, 5.41) is 0. The van der Waals surface area contributed by atoms with Crippen molar-refractivity contribution in [3.63, 3.8) is 0 Å². The lowest BCUT2D eigenvalue weighted by atomic mass is 10.2. The Morgan fingerprint density at radius 3 is 2.64 bits per heavy atom. The maximum atomic E-state index is 10.7. The zero-order valence-corrected chi connectivity index (χ0v) is 9.22. The van der Waals surface area contributed by atoms with Crippen LogP contribution in [0.25, 0.3) is 0 Å². The number of hydrogen-bond donors (Lipinski definition) is 1. The summed E-state index contributed by atoms with van der Waals surface area (Å²) >= 11 is 5.36. The van der Waals surface area contributed by atoms with Crippen molar-refractivity contribution < 1.29 is 4.79 Å². The molecule has 0 atom stereocenters. The van der Waals surface area contributed by atoms with Crippen LogP contribution in [0.4, 0.5) is 0 Å². The van der Waals surface area contributed by atoms with Crippen LogP contribution in [0, 0.1) is 3.57 Å². The molecule has 1 aromatic carbocycles. The second-order valence-corrected chi connectivity index (χ2v) is 4.07. The lowest BCUT2D eigenvalue weighted by Crippen LogP contribution is -2.12. The van der Waals surface area contributed by atoms with E-state index < -0.39 is 0 Å². The second kappa shape index (κ2) is 3.53. The van der Waals surface area contributed by atoms with Gasteiger partial charge < -0.3 is 5.73 Å². The number of nitrogens with two attached hydrogens (primary N) is 1. The Hall–Kier alpha value is -0.100. The molecule has 0 saturated heterocycles. The molecule has 1 aromatic rings. The van der Waals surface area contributed by atoms with Crippen molar-refractivity contribution in [2.45, 2.75) is 0 Å². The first-order chi connectivity index (χ1) is 5.11. The van der Waals surface area contributed by atoms with E-state index >= 15 is 0 Å². The Morgan fingerprint density at radius 1 is 1.55 bits per heavy atom. The van der Waals surface area contributed by atoms with Crippen LogP contribution in [0.2, 0.25) is 0 Å². The standard InChI is InChI=1S/C7H5BrINO/c8-4-1-2-5(7(10)11)6(9)3-4/h1-3H,(H2,10,11). The van der Waals surface area contributed by atoms with Crippen molar-refractivity contribution in [2.24, 2.45) is 5.73 Å². The van der Waals surface area contributed by atoms with Gasteiger partial charge in [-0.3, -0.25) is 4.79 Å². The topological polar surface area (TPSA) is 43.1 Å². The van der Waals surface area contributed by atoms with Gasteiger partial charge in [0.15, 0.2) is 0 Å². The molecule has 0 bridgehead atoms. The molecule has 0 aliphatic rings. The fourth-order valence-electron chi connectivity index (χ4n) is 0.689. The highest BCUT2D eigenvalue weighted by atomic mass is 127. The van der Waals surface area contributed by atoms with Crippen molar-refractivity contribution in [2.75, 3.05) is 0 Å². The molecule has 0 aliphatic heterocycles. The molecule has 1 amide bonds. The first-order valence-electron chi connectivity index (χ1n) is 2.86. The summed E-state index contributed by atoms with van der Waals surface area (Å²) in [6.07, 6.45) is 0. The Morgan fingerprint density at radius 2 is 2.18 bits per heavy atom. The molecular formula is C7H5BrINO. The molecule has 11 heavy (non-hydrogen) atoms. The summed E-state index contributed by atoms with van der Waals surface area (Å²) in [7, 11) is 0. The third kappa shape index (κ3) is 2.16. The fraction of sp³-hybridized carbons (Fsp3) is 0. The number of carbonyl (C=O) groups excluding carboxylic acids is 1. The second-order valence-electron chi connectivity index (χ2n) is 1.99. The molecule has 0 aliphatic carbocycles. The highest BCUT2D eigenvalue weighted by Gasteiger charge is 2.04. The summed E-state index contributed by atoms with van der Waals surface area (Å²) < 4.78 is 1.82. The van der Waals surface area contributed by atoms with Crippen LogP contribution >= 0.6 is 38.5 Å². The average Bonchev–Trinajstić information content (AvgIpc) is 1.85. The molecule has 0 saturated carbocycles. The number of halogens is 2. The van der Waals surface area contributed by atoms with Gasteiger partial charge in [0.05, 0.1) is 5.56 Å². The van der Waals surface area contributed by atoms with E-state index in [0.29, 0.717) is 5.56 Å². The smallest absolute Gasteiger partial charge is 0.249 e. The van der Waals surface area contributed by atoms with E-state index in [1.807, 2.05) is 6.07 Å². The van der Waals surface area contributed by atoms with Crippen molar-refractivity contribution in [3.8, 4) is 0 Å². The number of primary amides is 1. The lowest BCUT2D eigenvalue weighted by molar-refractivity contribution is 0.0999. The third-order valence-electron chi connectivity index (χ3n) is 1.20. The van der Waals surface area contributed by atoms with Gasteiger partial charge in [0.2, 0.25) is 5.91 Å². The average molecular weight is 326 g/mol. The van der Waals surface area contributed by atoms with E-state index in [-0.39, 0.29) is 5.91 Å². The van der Waals surface area contributed by atoms with Crippen LogP contribution in [-0.4, -0.2) is 5.91 Å². The van der Waals surface area contributed by atoms with E-state index in [4.69, 9.17) is 5.73 Å². The van der Waals surface area contributed by atoms with Crippen LogP contribution < -0.4 is 5.73 Å². The Bertz CT molecular complexity index is 300. The molecule has 0 aromatic heterocycles. The largest absolute Gasteiger partial charge is 0.366 e. The fourth-order valence-corrected chi connectivity index (χ4v) is 2.26. The van der Waals surface area contributed by atoms with Crippen LogP contribution in [-0.2, 0) is 0 Å². The molecule has 0 unspecified atom stereocenters. The summed E-state index contributed by atoms with van der Waals surface area (Å²) in [6.45, 7) is 0. The third-order valence-corrected chi connectivity index (χ3v) is 2.58. The minimum absolute atomic E-state index is 0.387. The Labute approximate surface area is 86.4 Å². The predicted molar refractivity (Wildman–Crippen MR) is 55.4 cm³/mol. The predicted octanol–water partition coefficient (Wildman–Crippen LogP) is 2.15. The minimum atomic E-state index is -0.387. The SMILES string of the molecule is NC(=O)c1ccc(Br)cc1I. The number of carbonyl (C=O) groups is 1. The summed E-state index contributed by atoms with van der Waals surface area (Å²) in [4.78, 5) is 10.7. The van der Waals surface area contributed by atoms with Gasteiger partial charge in [0, 0.05) is 8.04 Å². The molecule has 0 radical (unpaired) electrons. The molecule has 2 N–H and O–H groups in total. The van der Waals surface area contributed by atoms with E-state index in [1.165, 1.54) is 0 Å². The van der Waals surface area contributed by atoms with E-state index in [2.05, 4.69) is 38.5 Å². The monoisotopic (exact) mass is 325 g/mol. The first-order valence-corrected chi connectivity index (χ1v) is 4.73. The van der Waals surface area contributed by atoms with Gasteiger partial charge in [-0.25, -0.2) is 0 Å². The van der Waals surface area contributed by atoms with Crippen LogP contribution in [0.5, 0.6) is 0 Å². The van der Waals surface area contributed by atoms with Gasteiger partial charge in [-0.05, 0) is 40.8 Å². The Balaban J connectivity index is 3.20. The number of amides is 1. The van der Waals surface area contributed by atoms with Gasteiger partial charge in [-0.15, -0.1) is 0 Å². The number of hydrogen-bond acceptors (Lipinski definition) is 1. The molecule has 58 valence electrons. The molecule has 1 rings (SSSR count). The van der Waals surface area contributed by atoms with Gasteiger partial charge in [-0.2, -0.15) is 0 Å². The van der Waals surface area contributed by atoms with Crippen LogP contribution in [0.15, 0.2) is 22.7 Å². The number of rotatable bonds is 1. The van der Waals surface area contributed by atoms with Crippen molar-refractivity contribution in [1.29, 1.82) is 0 Å². The normalized spacial score (nSPS) is 9.64. The number of benzene rings is 1. The zero-order valence-electron chi connectivity index (χ0n) is 5.47. The van der Waals surface area contributed by atoms with E-state index in [0.717, 1.165) is 8.04 Å². The molecule has 0 spiro atoms. The maximum Gasteiger partial charge on any atom is 0.249 e. The van der Waals surface area contributed by atoms with Crippen molar-refractivity contribution in [3.05, 3.63) is 31.8 Å². The highest BCUT2D eigenvalue weighted by molar-refractivity contribution is 14.1. The van der Waals surface area contributed by atoms with E-state index in [9.17, 15) is 4.79 Å². The first kappa shape index (κ1) is 8.99. The quantitative estimate of drug-likeness (QED) is 0.790. The van der Waals surface area contributed by atoms with Gasteiger partial charge in [0.1, 0.15) is 0 Å². The summed E-state index contributed by atoms with van der Waals surface area (Å²) in [5.41, 5.74) is 5.67. The molecule has 2 nitrogen and oxygen atoms in total.